The molecule has 3 aromatic rings. The van der Waals surface area contributed by atoms with E-state index in [1.54, 1.807) is 50.2 Å². The van der Waals surface area contributed by atoms with Crippen molar-refractivity contribution in [2.75, 3.05) is 52.9 Å². The average molecular weight is 644 g/mol. The van der Waals surface area contributed by atoms with Gasteiger partial charge in [-0.1, -0.05) is 19.1 Å². The molecule has 0 aliphatic carbocycles. The molecule has 0 saturated carbocycles. The number of sulfonamides is 1. The summed E-state index contributed by atoms with van der Waals surface area (Å²) in [6, 6.07) is 15.0. The standard InChI is InChI=1S/C32H41N3O9S/c1-8-26(32(37)33-9-2)34(20-22-11-10-12-23(17-22)40-3)31(36)21-35(27-18-24(41-4)13-15-28(27)42-5)45(38,39)25-14-16-29(43-6)30(19-25)44-7/h10-19,26H,8-9,20-21H2,1-7H3,(H,33,37). The monoisotopic (exact) mass is 643 g/mol. The molecule has 0 spiro atoms. The van der Waals surface area contributed by atoms with Gasteiger partial charge in [-0.15, -0.1) is 0 Å². The van der Waals surface area contributed by atoms with Crippen LogP contribution >= 0.6 is 0 Å². The number of hydrogen-bond donors (Lipinski definition) is 1. The van der Waals surface area contributed by atoms with Crippen LogP contribution in [0.2, 0.25) is 0 Å². The molecule has 0 aliphatic heterocycles. The molecule has 45 heavy (non-hydrogen) atoms. The summed E-state index contributed by atoms with van der Waals surface area (Å²) in [6.45, 7) is 3.28. The molecule has 1 N–H and O–H groups in total. The van der Waals surface area contributed by atoms with E-state index in [9.17, 15) is 18.0 Å². The summed E-state index contributed by atoms with van der Waals surface area (Å²) in [5, 5.41) is 2.79. The van der Waals surface area contributed by atoms with E-state index in [1.165, 1.54) is 64.7 Å². The topological polar surface area (TPSA) is 133 Å². The van der Waals surface area contributed by atoms with Crippen LogP contribution in [0, 0.1) is 0 Å². The Morgan fingerprint density at radius 3 is 2.02 bits per heavy atom. The second-order valence-electron chi connectivity index (χ2n) is 9.76. The molecule has 0 bridgehead atoms. The minimum atomic E-state index is -4.45. The zero-order chi connectivity index (χ0) is 33.1. The van der Waals surface area contributed by atoms with Gasteiger partial charge in [0.1, 0.15) is 29.8 Å². The van der Waals surface area contributed by atoms with Crippen molar-refractivity contribution in [1.82, 2.24) is 10.2 Å². The summed E-state index contributed by atoms with van der Waals surface area (Å²) < 4.78 is 56.7. The SMILES string of the molecule is CCNC(=O)C(CC)N(Cc1cccc(OC)c1)C(=O)CN(c1cc(OC)ccc1OC)S(=O)(=O)c1ccc(OC)c(OC)c1. The van der Waals surface area contributed by atoms with Crippen molar-refractivity contribution >= 4 is 27.5 Å². The van der Waals surface area contributed by atoms with Gasteiger partial charge >= 0.3 is 0 Å². The smallest absolute Gasteiger partial charge is 0.265 e. The Labute approximate surface area is 264 Å². The first-order chi connectivity index (χ1) is 21.6. The number of carbonyl (C=O) groups excluding carboxylic acids is 2. The predicted molar refractivity (Wildman–Crippen MR) is 170 cm³/mol. The maximum atomic E-state index is 14.4. The van der Waals surface area contributed by atoms with Gasteiger partial charge in [-0.25, -0.2) is 8.42 Å². The second kappa shape index (κ2) is 15.9. The molecule has 0 aliphatic rings. The van der Waals surface area contributed by atoms with E-state index in [-0.39, 0.29) is 41.0 Å². The summed E-state index contributed by atoms with van der Waals surface area (Å²) in [5.74, 6) is 0.634. The first-order valence-corrected chi connectivity index (χ1v) is 15.7. The number of carbonyl (C=O) groups is 2. The highest BCUT2D eigenvalue weighted by molar-refractivity contribution is 7.92. The first-order valence-electron chi connectivity index (χ1n) is 14.2. The fraction of sp³-hybridized carbons (Fsp3) is 0.375. The molecule has 3 aromatic carbocycles. The van der Waals surface area contributed by atoms with Crippen molar-refractivity contribution in [3.05, 3.63) is 66.2 Å². The summed E-state index contributed by atoms with van der Waals surface area (Å²) in [5.41, 5.74) is 0.756. The number of methoxy groups -OCH3 is 5. The maximum absolute atomic E-state index is 14.4. The van der Waals surface area contributed by atoms with Crippen LogP contribution in [0.1, 0.15) is 25.8 Å². The Kier molecular flexibility index (Phi) is 12.3. The van der Waals surface area contributed by atoms with E-state index in [4.69, 9.17) is 23.7 Å². The third-order valence-electron chi connectivity index (χ3n) is 7.10. The van der Waals surface area contributed by atoms with E-state index in [1.807, 2.05) is 0 Å². The summed E-state index contributed by atoms with van der Waals surface area (Å²) in [6.07, 6.45) is 0.284. The van der Waals surface area contributed by atoms with Crippen LogP contribution in [0.5, 0.6) is 28.7 Å². The minimum absolute atomic E-state index is 0.0190. The molecule has 12 nitrogen and oxygen atoms in total. The third-order valence-corrected chi connectivity index (χ3v) is 8.86. The van der Waals surface area contributed by atoms with Crippen LogP contribution < -0.4 is 33.3 Å². The van der Waals surface area contributed by atoms with Gasteiger partial charge in [0.25, 0.3) is 10.0 Å². The van der Waals surface area contributed by atoms with Gasteiger partial charge in [0, 0.05) is 25.2 Å². The highest BCUT2D eigenvalue weighted by Gasteiger charge is 2.35. The van der Waals surface area contributed by atoms with Crippen LogP contribution in [0.25, 0.3) is 0 Å². The van der Waals surface area contributed by atoms with Gasteiger partial charge in [-0.3, -0.25) is 13.9 Å². The second-order valence-corrected chi connectivity index (χ2v) is 11.6. The van der Waals surface area contributed by atoms with E-state index in [0.717, 1.165) is 4.31 Å². The lowest BCUT2D eigenvalue weighted by atomic mass is 10.1. The van der Waals surface area contributed by atoms with Gasteiger partial charge in [0.05, 0.1) is 46.1 Å². The molecule has 0 heterocycles. The lowest BCUT2D eigenvalue weighted by Gasteiger charge is -2.33. The summed E-state index contributed by atoms with van der Waals surface area (Å²) in [4.78, 5) is 28.8. The molecule has 3 rings (SSSR count). The zero-order valence-corrected chi connectivity index (χ0v) is 27.5. The third kappa shape index (κ3) is 8.09. The number of benzene rings is 3. The Morgan fingerprint density at radius 1 is 0.778 bits per heavy atom. The molecular formula is C32H41N3O9S. The van der Waals surface area contributed by atoms with Gasteiger partial charge in [-0.2, -0.15) is 0 Å². The molecule has 0 aromatic heterocycles. The predicted octanol–water partition coefficient (Wildman–Crippen LogP) is 3.87. The number of ether oxygens (including phenoxy) is 5. The van der Waals surface area contributed by atoms with Crippen LogP contribution in [-0.4, -0.2) is 79.8 Å². The minimum Gasteiger partial charge on any atom is -0.497 e. The summed E-state index contributed by atoms with van der Waals surface area (Å²) in [7, 11) is 2.75. The lowest BCUT2D eigenvalue weighted by molar-refractivity contribution is -0.140. The van der Waals surface area contributed by atoms with E-state index >= 15 is 0 Å². The van der Waals surface area contributed by atoms with E-state index < -0.39 is 28.5 Å². The van der Waals surface area contributed by atoms with Crippen LogP contribution in [0.15, 0.2) is 65.6 Å². The van der Waals surface area contributed by atoms with Crippen molar-refractivity contribution in [3.63, 3.8) is 0 Å². The molecule has 2 amide bonds. The highest BCUT2D eigenvalue weighted by Crippen LogP contribution is 2.38. The molecule has 13 heteroatoms. The largest absolute Gasteiger partial charge is 0.497 e. The Morgan fingerprint density at radius 2 is 1.42 bits per heavy atom. The maximum Gasteiger partial charge on any atom is 0.265 e. The van der Waals surface area contributed by atoms with Crippen LogP contribution in [-0.2, 0) is 26.2 Å². The van der Waals surface area contributed by atoms with Gasteiger partial charge in [0.2, 0.25) is 11.8 Å². The molecule has 244 valence electrons. The van der Waals surface area contributed by atoms with E-state index in [2.05, 4.69) is 5.32 Å². The number of rotatable bonds is 16. The average Bonchev–Trinajstić information content (AvgIpc) is 3.06. The summed E-state index contributed by atoms with van der Waals surface area (Å²) >= 11 is 0. The van der Waals surface area contributed by atoms with Crippen LogP contribution in [0.4, 0.5) is 5.69 Å². The lowest BCUT2D eigenvalue weighted by Crippen LogP contribution is -2.52. The molecule has 0 fully saturated rings. The first kappa shape index (κ1) is 34.8. The molecule has 1 atom stereocenters. The fourth-order valence-electron chi connectivity index (χ4n) is 4.79. The van der Waals surface area contributed by atoms with Gasteiger partial charge < -0.3 is 33.9 Å². The van der Waals surface area contributed by atoms with Crippen molar-refractivity contribution < 1.29 is 41.7 Å². The number of anilines is 1. The number of amides is 2. The number of hydrogen-bond acceptors (Lipinski definition) is 9. The van der Waals surface area contributed by atoms with Gasteiger partial charge in [0.15, 0.2) is 11.5 Å². The highest BCUT2D eigenvalue weighted by atomic mass is 32.2. The van der Waals surface area contributed by atoms with Crippen molar-refractivity contribution in [1.29, 1.82) is 0 Å². The zero-order valence-electron chi connectivity index (χ0n) is 26.7. The molecule has 0 saturated heterocycles. The number of nitrogens with one attached hydrogen (secondary N) is 1. The fourth-order valence-corrected chi connectivity index (χ4v) is 6.22. The quantitative estimate of drug-likeness (QED) is 0.247. The van der Waals surface area contributed by atoms with Gasteiger partial charge in [-0.05, 0) is 55.3 Å². The Balaban J connectivity index is 2.20. The molecular weight excluding hydrogens is 602 g/mol. The molecule has 1 unspecified atom stereocenters. The van der Waals surface area contributed by atoms with Crippen molar-refractivity contribution in [2.45, 2.75) is 37.8 Å². The van der Waals surface area contributed by atoms with Crippen LogP contribution in [0.3, 0.4) is 0 Å². The Hall–Kier alpha value is -4.65. The Bertz CT molecular complexity index is 1580. The number of nitrogens with zero attached hydrogens (tertiary/aromatic N) is 2. The normalized spacial score (nSPS) is 11.6. The van der Waals surface area contributed by atoms with Crippen molar-refractivity contribution in [2.24, 2.45) is 0 Å². The van der Waals surface area contributed by atoms with E-state index in [0.29, 0.717) is 29.4 Å². The number of likely N-dealkylation sites (N-methyl/N-ethyl adjacent to an activating group) is 1. The molecule has 0 radical (unpaired) electrons. The van der Waals surface area contributed by atoms with Crippen molar-refractivity contribution in [3.8, 4) is 28.7 Å².